The zero-order valence-electron chi connectivity index (χ0n) is 9.99. The molecule has 0 saturated heterocycles. The zero-order valence-corrected chi connectivity index (χ0v) is 11.6. The number of rotatable bonds is 4. The summed E-state index contributed by atoms with van der Waals surface area (Å²) in [5.74, 6) is -0.513. The number of benzene rings is 2. The Labute approximate surface area is 119 Å². The smallest absolute Gasteiger partial charge is 0.243 e. The van der Waals surface area contributed by atoms with Gasteiger partial charge in [0.25, 0.3) is 0 Å². The highest BCUT2D eigenvalue weighted by Gasteiger charge is 2.02. The molecule has 0 radical (unpaired) electrons. The summed E-state index contributed by atoms with van der Waals surface area (Å²) < 4.78 is 13.7. The van der Waals surface area contributed by atoms with Crippen molar-refractivity contribution in [2.45, 2.75) is 0 Å². The lowest BCUT2D eigenvalue weighted by atomic mass is 10.3. The first-order chi connectivity index (χ1) is 9.13. The summed E-state index contributed by atoms with van der Waals surface area (Å²) >= 11 is 3.34. The van der Waals surface area contributed by atoms with Gasteiger partial charge in [0.05, 0.1) is 6.54 Å². The van der Waals surface area contributed by atoms with E-state index in [1.165, 1.54) is 24.3 Å². The van der Waals surface area contributed by atoms with Crippen molar-refractivity contribution in [3.63, 3.8) is 0 Å². The van der Waals surface area contributed by atoms with Gasteiger partial charge < -0.3 is 10.6 Å². The molecule has 2 aromatic carbocycles. The fourth-order valence-electron chi connectivity index (χ4n) is 1.49. The van der Waals surface area contributed by atoms with E-state index in [1.54, 1.807) is 0 Å². The molecular formula is C14H12BrFN2O. The summed E-state index contributed by atoms with van der Waals surface area (Å²) in [5.41, 5.74) is 1.43. The molecule has 0 bridgehead atoms. The number of carbonyl (C=O) groups excluding carboxylic acids is 1. The minimum Gasteiger partial charge on any atom is -0.376 e. The molecule has 19 heavy (non-hydrogen) atoms. The second-order valence-electron chi connectivity index (χ2n) is 3.92. The molecule has 0 aromatic heterocycles. The Balaban J connectivity index is 1.84. The van der Waals surface area contributed by atoms with Gasteiger partial charge in [0.2, 0.25) is 5.91 Å². The van der Waals surface area contributed by atoms with Crippen LogP contribution in [-0.4, -0.2) is 12.5 Å². The molecule has 1 amide bonds. The monoisotopic (exact) mass is 322 g/mol. The summed E-state index contributed by atoms with van der Waals surface area (Å²) in [6.45, 7) is 0.152. The van der Waals surface area contributed by atoms with Crippen LogP contribution in [0.15, 0.2) is 53.0 Å². The Kier molecular flexibility index (Phi) is 4.52. The van der Waals surface area contributed by atoms with Gasteiger partial charge in [-0.05, 0) is 48.5 Å². The Morgan fingerprint density at radius 2 is 1.58 bits per heavy atom. The summed E-state index contributed by atoms with van der Waals surface area (Å²) in [6.07, 6.45) is 0. The Morgan fingerprint density at radius 1 is 1.00 bits per heavy atom. The molecule has 0 aliphatic heterocycles. The molecule has 5 heteroatoms. The van der Waals surface area contributed by atoms with Crippen LogP contribution in [0, 0.1) is 5.82 Å². The molecular weight excluding hydrogens is 311 g/mol. The van der Waals surface area contributed by atoms with Gasteiger partial charge in [0.15, 0.2) is 0 Å². The highest BCUT2D eigenvalue weighted by molar-refractivity contribution is 9.10. The first-order valence-electron chi connectivity index (χ1n) is 5.68. The average Bonchev–Trinajstić information content (AvgIpc) is 2.41. The number of anilines is 2. The average molecular weight is 323 g/mol. The maximum Gasteiger partial charge on any atom is 0.243 e. The second kappa shape index (κ2) is 6.33. The van der Waals surface area contributed by atoms with Crippen LogP contribution in [-0.2, 0) is 4.79 Å². The van der Waals surface area contributed by atoms with Gasteiger partial charge in [0.1, 0.15) is 5.82 Å². The van der Waals surface area contributed by atoms with Crippen LogP contribution in [0.3, 0.4) is 0 Å². The van der Waals surface area contributed by atoms with Crippen LogP contribution in [0.25, 0.3) is 0 Å². The Bertz CT molecular complexity index is 555. The van der Waals surface area contributed by atoms with Crippen molar-refractivity contribution in [1.82, 2.24) is 0 Å². The molecule has 3 nitrogen and oxygen atoms in total. The zero-order chi connectivity index (χ0) is 13.7. The van der Waals surface area contributed by atoms with Crippen LogP contribution >= 0.6 is 15.9 Å². The SMILES string of the molecule is O=C(CNc1ccc(Br)cc1)Nc1ccc(F)cc1. The summed E-state index contributed by atoms with van der Waals surface area (Å²) in [6, 6.07) is 13.2. The number of halogens is 2. The molecule has 98 valence electrons. The van der Waals surface area contributed by atoms with E-state index in [1.807, 2.05) is 24.3 Å². The predicted molar refractivity (Wildman–Crippen MR) is 77.7 cm³/mol. The molecule has 2 rings (SSSR count). The topological polar surface area (TPSA) is 41.1 Å². The predicted octanol–water partition coefficient (Wildman–Crippen LogP) is 3.64. The van der Waals surface area contributed by atoms with Gasteiger partial charge in [-0.2, -0.15) is 0 Å². The van der Waals surface area contributed by atoms with Gasteiger partial charge in [0, 0.05) is 15.8 Å². The van der Waals surface area contributed by atoms with Crippen molar-refractivity contribution in [3.8, 4) is 0 Å². The molecule has 0 spiro atoms. The van der Waals surface area contributed by atoms with Gasteiger partial charge in [-0.1, -0.05) is 15.9 Å². The quantitative estimate of drug-likeness (QED) is 0.902. The fraction of sp³-hybridized carbons (Fsp3) is 0.0714. The van der Waals surface area contributed by atoms with Gasteiger partial charge in [-0.3, -0.25) is 4.79 Å². The van der Waals surface area contributed by atoms with Crippen molar-refractivity contribution in [2.75, 3.05) is 17.2 Å². The number of nitrogens with one attached hydrogen (secondary N) is 2. The van der Waals surface area contributed by atoms with E-state index < -0.39 is 0 Å². The van der Waals surface area contributed by atoms with Crippen molar-refractivity contribution in [1.29, 1.82) is 0 Å². The molecule has 0 aliphatic carbocycles. The highest BCUT2D eigenvalue weighted by atomic mass is 79.9. The van der Waals surface area contributed by atoms with E-state index in [-0.39, 0.29) is 18.3 Å². The van der Waals surface area contributed by atoms with Crippen molar-refractivity contribution in [3.05, 3.63) is 58.8 Å². The second-order valence-corrected chi connectivity index (χ2v) is 4.83. The largest absolute Gasteiger partial charge is 0.376 e. The highest BCUT2D eigenvalue weighted by Crippen LogP contribution is 2.14. The van der Waals surface area contributed by atoms with E-state index in [0.29, 0.717) is 5.69 Å². The normalized spacial score (nSPS) is 10.0. The number of amides is 1. The summed E-state index contributed by atoms with van der Waals surface area (Å²) in [5, 5.41) is 5.67. The molecule has 0 atom stereocenters. The van der Waals surface area contributed by atoms with E-state index in [4.69, 9.17) is 0 Å². The van der Waals surface area contributed by atoms with Crippen LogP contribution in [0.5, 0.6) is 0 Å². The fourth-order valence-corrected chi connectivity index (χ4v) is 1.75. The van der Waals surface area contributed by atoms with Gasteiger partial charge in [-0.15, -0.1) is 0 Å². The molecule has 0 fully saturated rings. The van der Waals surface area contributed by atoms with Crippen molar-refractivity contribution >= 4 is 33.2 Å². The van der Waals surface area contributed by atoms with E-state index >= 15 is 0 Å². The van der Waals surface area contributed by atoms with Crippen LogP contribution in [0.2, 0.25) is 0 Å². The van der Waals surface area contributed by atoms with E-state index in [0.717, 1.165) is 10.2 Å². The third-order valence-corrected chi connectivity index (χ3v) is 2.95. The molecule has 0 saturated carbocycles. The maximum atomic E-state index is 12.7. The molecule has 0 aliphatic rings. The summed E-state index contributed by atoms with van der Waals surface area (Å²) in [7, 11) is 0. The van der Waals surface area contributed by atoms with Gasteiger partial charge in [-0.25, -0.2) is 4.39 Å². The Morgan fingerprint density at radius 3 is 2.21 bits per heavy atom. The lowest BCUT2D eigenvalue weighted by molar-refractivity contribution is -0.114. The third-order valence-electron chi connectivity index (χ3n) is 2.43. The lowest BCUT2D eigenvalue weighted by Gasteiger charge is -2.07. The maximum absolute atomic E-state index is 12.7. The van der Waals surface area contributed by atoms with Crippen molar-refractivity contribution < 1.29 is 9.18 Å². The minimum atomic E-state index is -0.328. The third kappa shape index (κ3) is 4.37. The number of carbonyl (C=O) groups is 1. The van der Waals surface area contributed by atoms with E-state index in [2.05, 4.69) is 26.6 Å². The van der Waals surface area contributed by atoms with Gasteiger partial charge >= 0.3 is 0 Å². The standard InChI is InChI=1S/C14H12BrFN2O/c15-10-1-5-12(6-2-10)17-9-14(19)18-13-7-3-11(16)4-8-13/h1-8,17H,9H2,(H,18,19). The molecule has 0 unspecified atom stereocenters. The van der Waals surface area contributed by atoms with Crippen molar-refractivity contribution in [2.24, 2.45) is 0 Å². The minimum absolute atomic E-state index is 0.152. The summed E-state index contributed by atoms with van der Waals surface area (Å²) in [4.78, 5) is 11.7. The van der Waals surface area contributed by atoms with Crippen LogP contribution in [0.1, 0.15) is 0 Å². The number of hydrogen-bond acceptors (Lipinski definition) is 2. The first-order valence-corrected chi connectivity index (χ1v) is 6.47. The van der Waals surface area contributed by atoms with E-state index in [9.17, 15) is 9.18 Å². The van der Waals surface area contributed by atoms with Crippen LogP contribution < -0.4 is 10.6 Å². The Hall–Kier alpha value is -1.88. The molecule has 0 heterocycles. The number of hydrogen-bond donors (Lipinski definition) is 2. The lowest BCUT2D eigenvalue weighted by Crippen LogP contribution is -2.21. The van der Waals surface area contributed by atoms with Crippen LogP contribution in [0.4, 0.5) is 15.8 Å². The first kappa shape index (κ1) is 13.5. The molecule has 2 N–H and O–H groups in total. The molecule has 2 aromatic rings.